The Morgan fingerprint density at radius 2 is 0.621 bits per heavy atom. The Bertz CT molecular complexity index is 1330. The normalized spacial score (nSPS) is 12.8. The fourth-order valence-corrected chi connectivity index (χ4v) is 7.41. The number of rotatable bonds is 48. The van der Waals surface area contributed by atoms with E-state index < -0.39 is 6.10 Å². The Labute approximate surface area is 407 Å². The smallest absolute Gasteiger partial charge is 0.306 e. The van der Waals surface area contributed by atoms with Gasteiger partial charge in [0.25, 0.3) is 0 Å². The lowest BCUT2D eigenvalue weighted by atomic mass is 10.0. The van der Waals surface area contributed by atoms with Crippen molar-refractivity contribution >= 4 is 17.9 Å². The van der Waals surface area contributed by atoms with Crippen molar-refractivity contribution in [1.82, 2.24) is 0 Å². The number of hydrogen-bond acceptors (Lipinski definition) is 6. The van der Waals surface area contributed by atoms with Gasteiger partial charge in [-0.15, -0.1) is 0 Å². The molecular weight excluding hydrogens is 817 g/mol. The molecule has 0 bridgehead atoms. The van der Waals surface area contributed by atoms with E-state index in [0.717, 1.165) is 109 Å². The molecule has 0 heterocycles. The first-order valence-corrected chi connectivity index (χ1v) is 27.3. The standard InChI is InChI=1S/C60H100O6/c1-4-7-10-13-16-19-22-25-27-29-31-32-35-38-41-44-47-50-53-59(62)65-56-57(55-64-58(61)52-49-46-43-40-37-34-24-21-18-15-12-9-6-3)66-60(63)54-51-48-45-42-39-36-33-30-28-26-23-20-17-14-11-8-5-2/h9-10,12-13,15-16,18-19,21-22,24-25,27,29,31-32,57H,4-8,11,14,17,20,23,26,28,30,33-56H2,1-3H3/b12-9+,13-10+,18-15+,19-16+,24-21+,25-22+,29-27+,32-31+. The summed E-state index contributed by atoms with van der Waals surface area (Å²) in [5.74, 6) is -0.936. The summed E-state index contributed by atoms with van der Waals surface area (Å²) >= 11 is 0. The third-order valence-corrected chi connectivity index (χ3v) is 11.5. The van der Waals surface area contributed by atoms with E-state index in [1.807, 2.05) is 24.3 Å². The van der Waals surface area contributed by atoms with Crippen LogP contribution in [0.3, 0.4) is 0 Å². The molecule has 0 amide bonds. The molecule has 0 aliphatic rings. The molecule has 6 nitrogen and oxygen atoms in total. The van der Waals surface area contributed by atoms with Crippen molar-refractivity contribution in [1.29, 1.82) is 0 Å². The zero-order chi connectivity index (χ0) is 47.9. The maximum Gasteiger partial charge on any atom is 0.306 e. The summed E-state index contributed by atoms with van der Waals surface area (Å²) in [5, 5.41) is 0. The third kappa shape index (κ3) is 51.3. The van der Waals surface area contributed by atoms with Crippen molar-refractivity contribution in [3.63, 3.8) is 0 Å². The molecule has 0 aliphatic carbocycles. The molecule has 1 unspecified atom stereocenters. The summed E-state index contributed by atoms with van der Waals surface area (Å²) < 4.78 is 16.8. The van der Waals surface area contributed by atoms with Crippen molar-refractivity contribution in [3.05, 3.63) is 97.2 Å². The van der Waals surface area contributed by atoms with Gasteiger partial charge in [-0.1, -0.05) is 266 Å². The Hall–Kier alpha value is -3.67. The van der Waals surface area contributed by atoms with Crippen molar-refractivity contribution in [2.24, 2.45) is 0 Å². The highest BCUT2D eigenvalue weighted by Gasteiger charge is 2.19. The maximum absolute atomic E-state index is 12.8. The van der Waals surface area contributed by atoms with Gasteiger partial charge >= 0.3 is 17.9 Å². The summed E-state index contributed by atoms with van der Waals surface area (Å²) in [4.78, 5) is 38.1. The SMILES string of the molecule is CC/C=C/C=C/C=C/CCCCCCCC(=O)OCC(COC(=O)CCCCCCC/C=C/C=C/C=C/C=C/C=C/CCC)OC(=O)CCCCCCCCCCCCCCCCCCC. The summed E-state index contributed by atoms with van der Waals surface area (Å²) in [6, 6.07) is 0. The van der Waals surface area contributed by atoms with Crippen LogP contribution in [0.4, 0.5) is 0 Å². The highest BCUT2D eigenvalue weighted by molar-refractivity contribution is 5.71. The number of hydrogen-bond donors (Lipinski definition) is 0. The fraction of sp³-hybridized carbons (Fsp3) is 0.683. The summed E-state index contributed by atoms with van der Waals surface area (Å²) in [6.07, 6.45) is 71.0. The number of ether oxygens (including phenoxy) is 3. The predicted octanol–water partition coefficient (Wildman–Crippen LogP) is 18.1. The summed E-state index contributed by atoms with van der Waals surface area (Å²) in [6.45, 7) is 6.39. The lowest BCUT2D eigenvalue weighted by Gasteiger charge is -2.18. The van der Waals surface area contributed by atoms with E-state index in [0.29, 0.717) is 19.3 Å². The Morgan fingerprint density at radius 3 is 0.985 bits per heavy atom. The molecule has 0 rings (SSSR count). The molecule has 0 radical (unpaired) electrons. The Morgan fingerprint density at radius 1 is 0.318 bits per heavy atom. The molecular formula is C60H100O6. The maximum atomic E-state index is 12.8. The first kappa shape index (κ1) is 62.3. The van der Waals surface area contributed by atoms with Crippen LogP contribution in [-0.4, -0.2) is 37.2 Å². The molecule has 0 aliphatic heterocycles. The largest absolute Gasteiger partial charge is 0.462 e. The molecule has 6 heteroatoms. The molecule has 1 atom stereocenters. The highest BCUT2D eigenvalue weighted by atomic mass is 16.6. The molecule has 0 spiro atoms. The number of carbonyl (C=O) groups excluding carboxylic acids is 3. The van der Waals surface area contributed by atoms with E-state index in [9.17, 15) is 14.4 Å². The van der Waals surface area contributed by atoms with Gasteiger partial charge in [0.1, 0.15) is 13.2 Å². The minimum absolute atomic E-state index is 0.0960. The van der Waals surface area contributed by atoms with Gasteiger partial charge in [0.2, 0.25) is 0 Å². The van der Waals surface area contributed by atoms with Gasteiger partial charge in [0, 0.05) is 19.3 Å². The number of unbranched alkanes of at least 4 members (excludes halogenated alkanes) is 27. The van der Waals surface area contributed by atoms with Crippen LogP contribution in [-0.2, 0) is 28.6 Å². The van der Waals surface area contributed by atoms with Crippen LogP contribution in [0, 0.1) is 0 Å². The van der Waals surface area contributed by atoms with Crippen LogP contribution in [0.2, 0.25) is 0 Å². The molecule has 0 aromatic carbocycles. The zero-order valence-corrected chi connectivity index (χ0v) is 42.9. The van der Waals surface area contributed by atoms with Gasteiger partial charge in [-0.2, -0.15) is 0 Å². The van der Waals surface area contributed by atoms with E-state index in [-0.39, 0.29) is 31.1 Å². The second kappa shape index (κ2) is 53.9. The lowest BCUT2D eigenvalue weighted by molar-refractivity contribution is -0.167. The van der Waals surface area contributed by atoms with Crippen molar-refractivity contribution < 1.29 is 28.6 Å². The zero-order valence-electron chi connectivity index (χ0n) is 42.9. The van der Waals surface area contributed by atoms with Gasteiger partial charge in [0.05, 0.1) is 0 Å². The second-order valence-electron chi connectivity index (χ2n) is 17.9. The first-order valence-electron chi connectivity index (χ1n) is 27.3. The van der Waals surface area contributed by atoms with Crippen LogP contribution in [0.15, 0.2) is 97.2 Å². The van der Waals surface area contributed by atoms with Gasteiger partial charge < -0.3 is 14.2 Å². The van der Waals surface area contributed by atoms with Crippen LogP contribution >= 0.6 is 0 Å². The van der Waals surface area contributed by atoms with Crippen LogP contribution in [0.25, 0.3) is 0 Å². The Balaban J connectivity index is 4.45. The van der Waals surface area contributed by atoms with Crippen LogP contribution in [0.5, 0.6) is 0 Å². The summed E-state index contributed by atoms with van der Waals surface area (Å²) in [5.41, 5.74) is 0. The molecule has 0 N–H and O–H groups in total. The molecule has 0 aromatic heterocycles. The van der Waals surface area contributed by atoms with E-state index in [1.165, 1.54) is 96.3 Å². The van der Waals surface area contributed by atoms with Crippen molar-refractivity contribution in [3.8, 4) is 0 Å². The van der Waals surface area contributed by atoms with E-state index >= 15 is 0 Å². The van der Waals surface area contributed by atoms with Crippen molar-refractivity contribution in [2.75, 3.05) is 13.2 Å². The molecule has 66 heavy (non-hydrogen) atoms. The average Bonchev–Trinajstić information content (AvgIpc) is 3.31. The van der Waals surface area contributed by atoms with E-state index in [1.54, 1.807) is 0 Å². The van der Waals surface area contributed by atoms with Gasteiger partial charge in [-0.3, -0.25) is 14.4 Å². The average molecular weight is 917 g/mol. The second-order valence-corrected chi connectivity index (χ2v) is 17.9. The number of carbonyl (C=O) groups is 3. The molecule has 0 saturated heterocycles. The third-order valence-electron chi connectivity index (χ3n) is 11.5. The van der Waals surface area contributed by atoms with Gasteiger partial charge in [-0.25, -0.2) is 0 Å². The van der Waals surface area contributed by atoms with Gasteiger partial charge in [-0.05, 0) is 57.8 Å². The molecule has 0 aromatic rings. The first-order chi connectivity index (χ1) is 32.5. The quantitative estimate of drug-likeness (QED) is 0.0262. The minimum Gasteiger partial charge on any atom is -0.462 e. The van der Waals surface area contributed by atoms with Crippen molar-refractivity contribution in [2.45, 2.75) is 252 Å². The monoisotopic (exact) mass is 917 g/mol. The minimum atomic E-state index is -0.796. The fourth-order valence-electron chi connectivity index (χ4n) is 7.41. The highest BCUT2D eigenvalue weighted by Crippen LogP contribution is 2.16. The van der Waals surface area contributed by atoms with E-state index in [2.05, 4.69) is 93.7 Å². The molecule has 0 saturated carbocycles. The molecule has 0 fully saturated rings. The number of allylic oxidation sites excluding steroid dienone is 16. The van der Waals surface area contributed by atoms with E-state index in [4.69, 9.17) is 14.2 Å². The van der Waals surface area contributed by atoms with Crippen LogP contribution < -0.4 is 0 Å². The lowest BCUT2D eigenvalue weighted by Crippen LogP contribution is -2.30. The molecule has 376 valence electrons. The predicted molar refractivity (Wildman–Crippen MR) is 284 cm³/mol. The Kier molecular flexibility index (Phi) is 50.9. The topological polar surface area (TPSA) is 78.9 Å². The van der Waals surface area contributed by atoms with Gasteiger partial charge in [0.15, 0.2) is 6.10 Å². The number of esters is 3. The van der Waals surface area contributed by atoms with Crippen LogP contribution in [0.1, 0.15) is 245 Å². The summed E-state index contributed by atoms with van der Waals surface area (Å²) in [7, 11) is 0.